The first-order chi connectivity index (χ1) is 8.18. The highest BCUT2D eigenvalue weighted by atomic mass is 16.2. The van der Waals surface area contributed by atoms with Crippen LogP contribution in [0.3, 0.4) is 0 Å². The molecule has 0 spiro atoms. The number of carbonyl (C=O) groups is 1. The summed E-state index contributed by atoms with van der Waals surface area (Å²) in [5, 5.41) is 0. The molecule has 1 saturated heterocycles. The molecule has 1 unspecified atom stereocenters. The van der Waals surface area contributed by atoms with Crippen LogP contribution < -0.4 is 0 Å². The van der Waals surface area contributed by atoms with E-state index in [2.05, 4.69) is 36.1 Å². The van der Waals surface area contributed by atoms with Crippen molar-refractivity contribution in [2.75, 3.05) is 26.7 Å². The summed E-state index contributed by atoms with van der Waals surface area (Å²) >= 11 is 0. The molecule has 0 bridgehead atoms. The largest absolute Gasteiger partial charge is 0.345 e. The van der Waals surface area contributed by atoms with Crippen LogP contribution in [0.15, 0.2) is 30.3 Å². The van der Waals surface area contributed by atoms with Gasteiger partial charge in [-0.25, -0.2) is 0 Å². The Hall–Kier alpha value is -1.35. The molecule has 0 radical (unpaired) electrons. The van der Waals surface area contributed by atoms with E-state index in [-0.39, 0.29) is 5.91 Å². The minimum Gasteiger partial charge on any atom is -0.345 e. The van der Waals surface area contributed by atoms with E-state index in [4.69, 9.17) is 0 Å². The molecule has 0 aromatic heterocycles. The van der Waals surface area contributed by atoms with Crippen molar-refractivity contribution < 1.29 is 4.79 Å². The van der Waals surface area contributed by atoms with E-state index in [1.54, 1.807) is 0 Å². The van der Waals surface area contributed by atoms with Crippen LogP contribution in [-0.2, 0) is 4.79 Å². The van der Waals surface area contributed by atoms with Crippen LogP contribution in [0.2, 0.25) is 0 Å². The first-order valence-corrected chi connectivity index (χ1v) is 6.21. The maximum atomic E-state index is 11.8. The predicted molar refractivity (Wildman–Crippen MR) is 68.7 cm³/mol. The molecule has 0 aliphatic carbocycles. The van der Waals surface area contributed by atoms with Crippen molar-refractivity contribution in [3.8, 4) is 0 Å². The lowest BCUT2D eigenvalue weighted by atomic mass is 10.1. The third kappa shape index (κ3) is 2.86. The lowest BCUT2D eigenvalue weighted by molar-refractivity contribution is -0.130. The summed E-state index contributed by atoms with van der Waals surface area (Å²) in [6.07, 6.45) is 1.05. The highest BCUT2D eigenvalue weighted by Gasteiger charge is 2.23. The molecule has 1 aliphatic rings. The van der Waals surface area contributed by atoms with E-state index in [9.17, 15) is 4.79 Å². The third-order valence-electron chi connectivity index (χ3n) is 3.53. The summed E-state index contributed by atoms with van der Waals surface area (Å²) in [6.45, 7) is 4.57. The van der Waals surface area contributed by atoms with Gasteiger partial charge in [-0.1, -0.05) is 30.3 Å². The fourth-order valence-electron chi connectivity index (χ4n) is 2.28. The highest BCUT2D eigenvalue weighted by molar-refractivity contribution is 5.78. The fourth-order valence-corrected chi connectivity index (χ4v) is 2.28. The molecule has 1 aromatic rings. The van der Waals surface area contributed by atoms with E-state index < -0.39 is 0 Å². The lowest BCUT2D eigenvalue weighted by Gasteiger charge is -2.27. The Morgan fingerprint density at radius 1 is 1.18 bits per heavy atom. The van der Waals surface area contributed by atoms with Crippen molar-refractivity contribution in [1.29, 1.82) is 0 Å². The van der Waals surface area contributed by atoms with Gasteiger partial charge in [-0.05, 0) is 18.9 Å². The molecule has 1 atom stereocenters. The smallest absolute Gasteiger partial charge is 0.236 e. The Balaban J connectivity index is 2.09. The second-order valence-corrected chi connectivity index (χ2v) is 4.73. The number of carbonyl (C=O) groups excluding carboxylic acids is 1. The topological polar surface area (TPSA) is 23.6 Å². The Bertz CT molecular complexity index is 377. The number of benzene rings is 1. The number of hydrogen-bond donors (Lipinski definition) is 0. The van der Waals surface area contributed by atoms with E-state index in [0.717, 1.165) is 19.5 Å². The summed E-state index contributed by atoms with van der Waals surface area (Å²) in [5.74, 6) is 0.227. The normalized spacial score (nSPS) is 20.1. The van der Waals surface area contributed by atoms with Gasteiger partial charge in [0.05, 0.1) is 6.54 Å². The van der Waals surface area contributed by atoms with Crippen LogP contribution in [0.25, 0.3) is 0 Å². The van der Waals surface area contributed by atoms with Crippen LogP contribution in [0.5, 0.6) is 0 Å². The van der Waals surface area contributed by atoms with Crippen molar-refractivity contribution in [3.63, 3.8) is 0 Å². The van der Waals surface area contributed by atoms with Crippen LogP contribution >= 0.6 is 0 Å². The molecule has 0 N–H and O–H groups in total. The van der Waals surface area contributed by atoms with Gasteiger partial charge in [-0.15, -0.1) is 0 Å². The highest BCUT2D eigenvalue weighted by Crippen LogP contribution is 2.21. The van der Waals surface area contributed by atoms with Gasteiger partial charge in [0.2, 0.25) is 5.91 Å². The van der Waals surface area contributed by atoms with Crippen molar-refractivity contribution >= 4 is 5.91 Å². The van der Waals surface area contributed by atoms with Gasteiger partial charge in [0.15, 0.2) is 0 Å². The zero-order valence-electron chi connectivity index (χ0n) is 10.6. The zero-order chi connectivity index (χ0) is 12.3. The van der Waals surface area contributed by atoms with Crippen molar-refractivity contribution in [1.82, 2.24) is 9.80 Å². The minimum absolute atomic E-state index is 0.227. The first kappa shape index (κ1) is 12.1. The second kappa shape index (κ2) is 5.32. The Morgan fingerprint density at radius 3 is 2.59 bits per heavy atom. The molecule has 1 aromatic carbocycles. The van der Waals surface area contributed by atoms with Gasteiger partial charge >= 0.3 is 0 Å². The van der Waals surface area contributed by atoms with Gasteiger partial charge in [0, 0.05) is 26.2 Å². The SMILES string of the molecule is CC(c1ccccc1)N1CCCN(C)C(=O)C1. The second-order valence-electron chi connectivity index (χ2n) is 4.73. The van der Waals surface area contributed by atoms with E-state index in [0.29, 0.717) is 12.6 Å². The zero-order valence-corrected chi connectivity index (χ0v) is 10.6. The van der Waals surface area contributed by atoms with Gasteiger partial charge in [-0.2, -0.15) is 0 Å². The van der Waals surface area contributed by atoms with Crippen LogP contribution in [-0.4, -0.2) is 42.4 Å². The minimum atomic E-state index is 0.227. The quantitative estimate of drug-likeness (QED) is 0.777. The average molecular weight is 232 g/mol. The van der Waals surface area contributed by atoms with Gasteiger partial charge in [0.1, 0.15) is 0 Å². The summed E-state index contributed by atoms with van der Waals surface area (Å²) < 4.78 is 0. The standard InChI is InChI=1S/C14H20N2O/c1-12(13-7-4-3-5-8-13)16-10-6-9-15(2)14(17)11-16/h3-5,7-8,12H,6,9-11H2,1-2H3. The van der Waals surface area contributed by atoms with Crippen LogP contribution in [0.1, 0.15) is 24.9 Å². The van der Waals surface area contributed by atoms with Gasteiger partial charge in [0.25, 0.3) is 0 Å². The average Bonchev–Trinajstić information content (AvgIpc) is 2.52. The summed E-state index contributed by atoms with van der Waals surface area (Å²) in [6, 6.07) is 10.7. The number of hydrogen-bond acceptors (Lipinski definition) is 2. The Morgan fingerprint density at radius 2 is 1.88 bits per heavy atom. The molecule has 1 fully saturated rings. The van der Waals surface area contributed by atoms with E-state index in [1.807, 2.05) is 18.0 Å². The molecule has 2 rings (SSSR count). The Labute approximate surface area is 103 Å². The molecule has 3 nitrogen and oxygen atoms in total. The number of nitrogens with zero attached hydrogens (tertiary/aromatic N) is 2. The number of amides is 1. The summed E-state index contributed by atoms with van der Waals surface area (Å²) in [5.41, 5.74) is 1.28. The van der Waals surface area contributed by atoms with Crippen molar-refractivity contribution in [2.45, 2.75) is 19.4 Å². The number of rotatable bonds is 2. The molecule has 92 valence electrons. The first-order valence-electron chi connectivity index (χ1n) is 6.21. The Kier molecular flexibility index (Phi) is 3.79. The molecule has 17 heavy (non-hydrogen) atoms. The maximum absolute atomic E-state index is 11.8. The van der Waals surface area contributed by atoms with Gasteiger partial charge < -0.3 is 4.90 Å². The van der Waals surface area contributed by atoms with Crippen molar-refractivity contribution in [2.24, 2.45) is 0 Å². The molecule has 3 heteroatoms. The molecule has 1 amide bonds. The van der Waals surface area contributed by atoms with Crippen LogP contribution in [0.4, 0.5) is 0 Å². The third-order valence-corrected chi connectivity index (χ3v) is 3.53. The fraction of sp³-hybridized carbons (Fsp3) is 0.500. The van der Waals surface area contributed by atoms with Crippen molar-refractivity contribution in [3.05, 3.63) is 35.9 Å². The van der Waals surface area contributed by atoms with E-state index in [1.165, 1.54) is 5.56 Å². The lowest BCUT2D eigenvalue weighted by Crippen LogP contribution is -2.35. The maximum Gasteiger partial charge on any atom is 0.236 e. The number of likely N-dealkylation sites (N-methyl/N-ethyl adjacent to an activating group) is 1. The monoisotopic (exact) mass is 232 g/mol. The molecule has 0 saturated carbocycles. The molecular formula is C14H20N2O. The molecular weight excluding hydrogens is 212 g/mol. The molecule has 1 aliphatic heterocycles. The van der Waals surface area contributed by atoms with Crippen LogP contribution in [0, 0.1) is 0 Å². The summed E-state index contributed by atoms with van der Waals surface area (Å²) in [4.78, 5) is 15.9. The molecule has 1 heterocycles. The van der Waals surface area contributed by atoms with E-state index >= 15 is 0 Å². The predicted octanol–water partition coefficient (Wildman–Crippen LogP) is 1.91. The van der Waals surface area contributed by atoms with Gasteiger partial charge in [-0.3, -0.25) is 9.69 Å². The summed E-state index contributed by atoms with van der Waals surface area (Å²) in [7, 11) is 1.89.